The maximum Gasteiger partial charge on any atom is 0.253 e. The summed E-state index contributed by atoms with van der Waals surface area (Å²) >= 11 is 0. The van der Waals surface area contributed by atoms with Crippen LogP contribution in [0.15, 0.2) is 24.3 Å². The van der Waals surface area contributed by atoms with Crippen LogP contribution in [0, 0.1) is 0 Å². The third-order valence-corrected chi connectivity index (χ3v) is 4.21. The Balaban J connectivity index is 1.59. The minimum atomic E-state index is -1.16. The summed E-state index contributed by atoms with van der Waals surface area (Å²) in [5, 5.41) is 26.7. The molecule has 2 aromatic rings. The number of aliphatic hydroxyl groups is 1. The molecule has 0 bridgehead atoms. The van der Waals surface area contributed by atoms with Gasteiger partial charge >= 0.3 is 0 Å². The molecule has 1 amide bonds. The first-order valence-corrected chi connectivity index (χ1v) is 7.98. The Morgan fingerprint density at radius 3 is 2.70 bits per heavy atom. The van der Waals surface area contributed by atoms with E-state index in [1.807, 2.05) is 31.2 Å². The Morgan fingerprint density at radius 2 is 2.13 bits per heavy atom. The molecule has 0 saturated heterocycles. The number of H-pyrrole nitrogens is 1. The van der Waals surface area contributed by atoms with E-state index in [9.17, 15) is 9.90 Å². The van der Waals surface area contributed by atoms with Gasteiger partial charge in [0, 0.05) is 12.5 Å². The zero-order chi connectivity index (χ0) is 16.2. The van der Waals surface area contributed by atoms with Crippen LogP contribution in [0.25, 0.3) is 0 Å². The predicted molar refractivity (Wildman–Crippen MR) is 83.5 cm³/mol. The first kappa shape index (κ1) is 15.6. The highest BCUT2D eigenvalue weighted by Gasteiger charge is 2.25. The first-order valence-electron chi connectivity index (χ1n) is 7.98. The molecule has 2 unspecified atom stereocenters. The molecule has 122 valence electrons. The van der Waals surface area contributed by atoms with Crippen molar-refractivity contribution in [2.75, 3.05) is 0 Å². The number of benzene rings is 1. The van der Waals surface area contributed by atoms with Crippen LogP contribution in [0.3, 0.4) is 0 Å². The molecule has 0 spiro atoms. The van der Waals surface area contributed by atoms with Crippen molar-refractivity contribution < 1.29 is 9.90 Å². The maximum absolute atomic E-state index is 12.2. The van der Waals surface area contributed by atoms with Gasteiger partial charge in [0.15, 0.2) is 11.9 Å². The summed E-state index contributed by atoms with van der Waals surface area (Å²) in [6, 6.07) is 7.52. The van der Waals surface area contributed by atoms with Gasteiger partial charge in [-0.25, -0.2) is 0 Å². The van der Waals surface area contributed by atoms with Crippen LogP contribution < -0.4 is 5.32 Å². The lowest BCUT2D eigenvalue weighted by molar-refractivity contribution is -0.130. The molecule has 1 saturated carbocycles. The van der Waals surface area contributed by atoms with E-state index in [4.69, 9.17) is 0 Å². The monoisotopic (exact) mass is 315 g/mol. The van der Waals surface area contributed by atoms with Crippen LogP contribution in [0.2, 0.25) is 0 Å². The summed E-state index contributed by atoms with van der Waals surface area (Å²) in [5.74, 6) is 0.800. The number of hydrogen-bond acceptors (Lipinski definition) is 5. The van der Waals surface area contributed by atoms with Crippen molar-refractivity contribution in [3.05, 3.63) is 41.2 Å². The van der Waals surface area contributed by atoms with Crippen molar-refractivity contribution in [1.82, 2.24) is 25.9 Å². The number of rotatable bonds is 7. The Labute approximate surface area is 134 Å². The zero-order valence-corrected chi connectivity index (χ0v) is 13.1. The lowest BCUT2D eigenvalue weighted by atomic mass is 10.0. The summed E-state index contributed by atoms with van der Waals surface area (Å²) in [6.07, 6.45) is 2.50. The molecule has 1 aromatic carbocycles. The van der Waals surface area contributed by atoms with Crippen LogP contribution in [-0.4, -0.2) is 37.7 Å². The first-order chi connectivity index (χ1) is 11.2. The van der Waals surface area contributed by atoms with Gasteiger partial charge < -0.3 is 10.4 Å². The molecular weight excluding hydrogens is 294 g/mol. The van der Waals surface area contributed by atoms with E-state index in [0.717, 1.165) is 0 Å². The van der Waals surface area contributed by atoms with Gasteiger partial charge in [0.25, 0.3) is 5.91 Å². The molecule has 0 aliphatic heterocycles. The Morgan fingerprint density at radius 1 is 1.39 bits per heavy atom. The van der Waals surface area contributed by atoms with E-state index in [1.165, 1.54) is 18.4 Å². The van der Waals surface area contributed by atoms with E-state index in [0.29, 0.717) is 30.1 Å². The topological polar surface area (TPSA) is 104 Å². The molecule has 3 rings (SSSR count). The Hall–Kier alpha value is -2.28. The number of tetrazole rings is 1. The molecule has 1 aromatic heterocycles. The fourth-order valence-electron chi connectivity index (χ4n) is 2.59. The lowest BCUT2D eigenvalue weighted by Crippen LogP contribution is -2.39. The Kier molecular flexibility index (Phi) is 4.66. The standard InChI is InChI=1S/C16H21N5O2/c1-2-13(9-14-18-20-21-19-14)17-16(23)15(22)12-7-5-11(6-8-12)10-3-4-10/h5-8,10,13,15,22H,2-4,9H2,1H3,(H,17,23)(H,18,19,20,21). The average Bonchev–Trinajstić information content (AvgIpc) is 3.31. The van der Waals surface area contributed by atoms with Gasteiger partial charge in [-0.15, -0.1) is 10.2 Å². The van der Waals surface area contributed by atoms with Gasteiger partial charge in [0.05, 0.1) is 0 Å². The summed E-state index contributed by atoms with van der Waals surface area (Å²) < 4.78 is 0. The smallest absolute Gasteiger partial charge is 0.253 e. The van der Waals surface area contributed by atoms with Crippen molar-refractivity contribution in [3.8, 4) is 0 Å². The minimum absolute atomic E-state index is 0.138. The van der Waals surface area contributed by atoms with Crippen molar-refractivity contribution in [2.45, 2.75) is 50.7 Å². The quantitative estimate of drug-likeness (QED) is 0.713. The van der Waals surface area contributed by atoms with Gasteiger partial charge in [-0.3, -0.25) is 4.79 Å². The van der Waals surface area contributed by atoms with Gasteiger partial charge in [0.1, 0.15) is 0 Å². The van der Waals surface area contributed by atoms with Gasteiger partial charge in [0.2, 0.25) is 0 Å². The number of carbonyl (C=O) groups is 1. The fraction of sp³-hybridized carbons (Fsp3) is 0.500. The number of amides is 1. The minimum Gasteiger partial charge on any atom is -0.378 e. The lowest BCUT2D eigenvalue weighted by Gasteiger charge is -2.18. The zero-order valence-electron chi connectivity index (χ0n) is 13.1. The number of aromatic amines is 1. The van der Waals surface area contributed by atoms with E-state index >= 15 is 0 Å². The Bertz CT molecular complexity index is 637. The van der Waals surface area contributed by atoms with Crippen LogP contribution in [0.4, 0.5) is 0 Å². The van der Waals surface area contributed by atoms with Crippen LogP contribution >= 0.6 is 0 Å². The van der Waals surface area contributed by atoms with Crippen molar-refractivity contribution in [2.24, 2.45) is 0 Å². The number of nitrogens with zero attached hydrogens (tertiary/aromatic N) is 3. The number of nitrogens with one attached hydrogen (secondary N) is 2. The van der Waals surface area contributed by atoms with E-state index < -0.39 is 12.0 Å². The van der Waals surface area contributed by atoms with Gasteiger partial charge in [-0.1, -0.05) is 36.4 Å². The largest absolute Gasteiger partial charge is 0.378 e. The van der Waals surface area contributed by atoms with E-state index in [1.54, 1.807) is 0 Å². The summed E-state index contributed by atoms with van der Waals surface area (Å²) in [7, 11) is 0. The molecule has 23 heavy (non-hydrogen) atoms. The second kappa shape index (κ2) is 6.87. The van der Waals surface area contributed by atoms with Crippen molar-refractivity contribution in [3.63, 3.8) is 0 Å². The molecule has 7 nitrogen and oxygen atoms in total. The molecule has 1 aliphatic carbocycles. The second-order valence-electron chi connectivity index (χ2n) is 5.99. The molecular formula is C16H21N5O2. The third kappa shape index (κ3) is 3.92. The number of aromatic nitrogens is 4. The molecule has 2 atom stereocenters. The highest BCUT2D eigenvalue weighted by molar-refractivity contribution is 5.82. The van der Waals surface area contributed by atoms with Crippen LogP contribution in [0.5, 0.6) is 0 Å². The fourth-order valence-corrected chi connectivity index (χ4v) is 2.59. The number of hydrogen-bond donors (Lipinski definition) is 3. The van der Waals surface area contributed by atoms with Crippen LogP contribution in [0.1, 0.15) is 55.2 Å². The van der Waals surface area contributed by atoms with Crippen molar-refractivity contribution >= 4 is 5.91 Å². The average molecular weight is 315 g/mol. The van der Waals surface area contributed by atoms with Gasteiger partial charge in [-0.05, 0) is 36.3 Å². The second-order valence-corrected chi connectivity index (χ2v) is 5.99. The molecule has 1 fully saturated rings. The highest BCUT2D eigenvalue weighted by atomic mass is 16.3. The molecule has 3 N–H and O–H groups in total. The SMILES string of the molecule is CCC(Cc1nn[nH]n1)NC(=O)C(O)c1ccc(C2CC2)cc1. The van der Waals surface area contributed by atoms with Crippen LogP contribution in [-0.2, 0) is 11.2 Å². The van der Waals surface area contributed by atoms with Crippen molar-refractivity contribution in [1.29, 1.82) is 0 Å². The maximum atomic E-state index is 12.2. The summed E-state index contributed by atoms with van der Waals surface area (Å²) in [6.45, 7) is 1.96. The number of aliphatic hydroxyl groups excluding tert-OH is 1. The number of carbonyl (C=O) groups excluding carboxylic acids is 1. The normalized spacial score (nSPS) is 16.8. The molecule has 7 heteroatoms. The van der Waals surface area contributed by atoms with E-state index in [-0.39, 0.29) is 6.04 Å². The molecule has 1 aliphatic rings. The van der Waals surface area contributed by atoms with E-state index in [2.05, 4.69) is 25.9 Å². The highest BCUT2D eigenvalue weighted by Crippen LogP contribution is 2.40. The van der Waals surface area contributed by atoms with Gasteiger partial charge in [-0.2, -0.15) is 5.21 Å². The predicted octanol–water partition coefficient (Wildman–Crippen LogP) is 1.25. The summed E-state index contributed by atoms with van der Waals surface area (Å²) in [4.78, 5) is 12.2. The third-order valence-electron chi connectivity index (χ3n) is 4.21. The molecule has 1 heterocycles. The summed E-state index contributed by atoms with van der Waals surface area (Å²) in [5.41, 5.74) is 1.89. The molecule has 0 radical (unpaired) electrons.